The molecule has 2 aliphatic heterocycles. The van der Waals surface area contributed by atoms with Crippen LogP contribution in [0.5, 0.6) is 0 Å². The van der Waals surface area contributed by atoms with Crippen molar-refractivity contribution in [2.45, 2.75) is 37.6 Å². The van der Waals surface area contributed by atoms with Crippen LogP contribution in [0.1, 0.15) is 19.3 Å². The number of aliphatic hydroxyl groups excluding tert-OH is 1. The van der Waals surface area contributed by atoms with Crippen molar-refractivity contribution in [1.29, 1.82) is 0 Å². The number of rotatable bonds is 10. The lowest BCUT2D eigenvalue weighted by Gasteiger charge is -2.37. The molecule has 2 fully saturated rings. The van der Waals surface area contributed by atoms with E-state index in [2.05, 4.69) is 4.90 Å². The first-order valence-electron chi connectivity index (χ1n) is 9.56. The van der Waals surface area contributed by atoms with Crippen molar-refractivity contribution < 1.29 is 28.8 Å². The number of ether oxygens (including phenoxy) is 4. The van der Waals surface area contributed by atoms with Crippen molar-refractivity contribution in [3.63, 3.8) is 0 Å². The van der Waals surface area contributed by atoms with Gasteiger partial charge in [0, 0.05) is 46.9 Å². The molecule has 3 atom stereocenters. The van der Waals surface area contributed by atoms with Gasteiger partial charge in [-0.25, -0.2) is 0 Å². The number of amides is 1. The van der Waals surface area contributed by atoms with Gasteiger partial charge >= 0.3 is 0 Å². The molecule has 0 unspecified atom stereocenters. The van der Waals surface area contributed by atoms with E-state index in [4.69, 9.17) is 18.9 Å². The molecule has 0 aliphatic carbocycles. The first-order valence-corrected chi connectivity index (χ1v) is 9.56. The third-order valence-electron chi connectivity index (χ3n) is 5.03. The fourth-order valence-corrected chi connectivity index (χ4v) is 3.38. The Balaban J connectivity index is 1.82. The Hall–Kier alpha value is -0.770. The number of carbonyl (C=O) groups is 1. The summed E-state index contributed by atoms with van der Waals surface area (Å²) in [5.41, 5.74) is 0. The van der Waals surface area contributed by atoms with Gasteiger partial charge in [0.1, 0.15) is 0 Å². The minimum Gasteiger partial charge on any atom is -0.390 e. The normalized spacial score (nSPS) is 27.1. The molecule has 0 aromatic rings. The van der Waals surface area contributed by atoms with Gasteiger partial charge in [-0.1, -0.05) is 0 Å². The Morgan fingerprint density at radius 2 is 1.77 bits per heavy atom. The standard InChI is InChI=1S/C18H34N2O6/c1-23-11-7-19(8-12-24-2)6-5-15-3-4-16(21)17(26-15)18(22)20-9-13-25-14-10-20/h15-17,21H,3-14H2,1-2H3/t15-,16-,17-/m0/s1. The molecule has 8 nitrogen and oxygen atoms in total. The van der Waals surface area contributed by atoms with Crippen molar-refractivity contribution in [2.75, 3.05) is 73.4 Å². The van der Waals surface area contributed by atoms with Crippen LogP contribution in [0.2, 0.25) is 0 Å². The topological polar surface area (TPSA) is 80.7 Å². The van der Waals surface area contributed by atoms with Crippen molar-refractivity contribution in [2.24, 2.45) is 0 Å². The molecule has 0 bridgehead atoms. The van der Waals surface area contributed by atoms with E-state index >= 15 is 0 Å². The van der Waals surface area contributed by atoms with Crippen LogP contribution in [0.15, 0.2) is 0 Å². The maximum Gasteiger partial charge on any atom is 0.254 e. The molecule has 1 amide bonds. The third kappa shape index (κ3) is 6.75. The average Bonchev–Trinajstić information content (AvgIpc) is 2.68. The predicted molar refractivity (Wildman–Crippen MR) is 96.1 cm³/mol. The summed E-state index contributed by atoms with van der Waals surface area (Å²) < 4.78 is 21.6. The van der Waals surface area contributed by atoms with Crippen LogP contribution in [0, 0.1) is 0 Å². The fourth-order valence-electron chi connectivity index (χ4n) is 3.38. The zero-order valence-electron chi connectivity index (χ0n) is 16.1. The largest absolute Gasteiger partial charge is 0.390 e. The monoisotopic (exact) mass is 374 g/mol. The molecule has 0 radical (unpaired) electrons. The van der Waals surface area contributed by atoms with Crippen LogP contribution >= 0.6 is 0 Å². The fraction of sp³-hybridized carbons (Fsp3) is 0.944. The van der Waals surface area contributed by atoms with E-state index in [1.165, 1.54) is 0 Å². The lowest BCUT2D eigenvalue weighted by atomic mass is 9.98. The van der Waals surface area contributed by atoms with E-state index in [-0.39, 0.29) is 12.0 Å². The molecule has 152 valence electrons. The van der Waals surface area contributed by atoms with Gasteiger partial charge < -0.3 is 29.0 Å². The highest BCUT2D eigenvalue weighted by molar-refractivity contribution is 5.81. The molecule has 2 saturated heterocycles. The quantitative estimate of drug-likeness (QED) is 0.564. The number of morpholine rings is 1. The molecule has 2 rings (SSSR count). The van der Waals surface area contributed by atoms with E-state index in [0.29, 0.717) is 45.9 Å². The van der Waals surface area contributed by atoms with E-state index in [1.807, 2.05) is 0 Å². The highest BCUT2D eigenvalue weighted by atomic mass is 16.5. The molecular weight excluding hydrogens is 340 g/mol. The van der Waals surface area contributed by atoms with E-state index in [0.717, 1.165) is 32.5 Å². The summed E-state index contributed by atoms with van der Waals surface area (Å²) in [4.78, 5) is 16.7. The summed E-state index contributed by atoms with van der Waals surface area (Å²) in [6, 6.07) is 0. The Labute approximate surface area is 156 Å². The summed E-state index contributed by atoms with van der Waals surface area (Å²) in [5, 5.41) is 10.3. The minimum absolute atomic E-state index is 0.0130. The first-order chi connectivity index (χ1) is 12.7. The van der Waals surface area contributed by atoms with Crippen LogP contribution in [0.4, 0.5) is 0 Å². The number of hydrogen-bond donors (Lipinski definition) is 1. The van der Waals surface area contributed by atoms with Crippen LogP contribution < -0.4 is 0 Å². The number of methoxy groups -OCH3 is 2. The predicted octanol–water partition coefficient (Wildman–Crippen LogP) is -0.261. The van der Waals surface area contributed by atoms with E-state index < -0.39 is 12.2 Å². The molecule has 0 spiro atoms. The van der Waals surface area contributed by atoms with Gasteiger partial charge in [-0.3, -0.25) is 9.69 Å². The maximum atomic E-state index is 12.7. The van der Waals surface area contributed by atoms with Gasteiger partial charge in [-0.05, 0) is 19.3 Å². The zero-order valence-corrected chi connectivity index (χ0v) is 16.1. The molecule has 0 aromatic carbocycles. The van der Waals surface area contributed by atoms with Crippen LogP contribution in [0.3, 0.4) is 0 Å². The Kier molecular flexibility index (Phi) is 9.80. The zero-order chi connectivity index (χ0) is 18.8. The second-order valence-corrected chi connectivity index (χ2v) is 6.88. The number of hydrogen-bond acceptors (Lipinski definition) is 7. The van der Waals surface area contributed by atoms with Gasteiger partial charge in [-0.15, -0.1) is 0 Å². The SMILES string of the molecule is COCCN(CCOC)CC[C@@H]1CC[C@H](O)[C@@H](C(=O)N2CCOCC2)O1. The van der Waals surface area contributed by atoms with Crippen molar-refractivity contribution in [3.8, 4) is 0 Å². The second kappa shape index (κ2) is 11.8. The molecule has 0 saturated carbocycles. The summed E-state index contributed by atoms with van der Waals surface area (Å²) in [5.74, 6) is -0.110. The number of aliphatic hydroxyl groups is 1. The molecule has 26 heavy (non-hydrogen) atoms. The van der Waals surface area contributed by atoms with E-state index in [1.54, 1.807) is 19.1 Å². The Morgan fingerprint density at radius 3 is 2.38 bits per heavy atom. The third-order valence-corrected chi connectivity index (χ3v) is 5.03. The van der Waals surface area contributed by atoms with Crippen molar-refractivity contribution >= 4 is 5.91 Å². The second-order valence-electron chi connectivity index (χ2n) is 6.88. The molecular formula is C18H34N2O6. The Morgan fingerprint density at radius 1 is 1.12 bits per heavy atom. The minimum atomic E-state index is -0.752. The Bertz CT molecular complexity index is 397. The molecule has 2 aliphatic rings. The van der Waals surface area contributed by atoms with Crippen LogP contribution in [-0.4, -0.2) is 112 Å². The number of nitrogens with zero attached hydrogens (tertiary/aromatic N) is 2. The lowest BCUT2D eigenvalue weighted by molar-refractivity contribution is -0.171. The smallest absolute Gasteiger partial charge is 0.254 e. The number of carbonyl (C=O) groups excluding carboxylic acids is 1. The lowest BCUT2D eigenvalue weighted by Crippen LogP contribution is -2.53. The molecule has 0 aromatic heterocycles. The highest BCUT2D eigenvalue weighted by Crippen LogP contribution is 2.24. The molecule has 8 heteroatoms. The van der Waals surface area contributed by atoms with Gasteiger partial charge in [0.2, 0.25) is 0 Å². The summed E-state index contributed by atoms with van der Waals surface area (Å²) in [6.45, 7) is 6.11. The van der Waals surface area contributed by atoms with Crippen molar-refractivity contribution in [3.05, 3.63) is 0 Å². The summed E-state index contributed by atoms with van der Waals surface area (Å²) >= 11 is 0. The molecule has 2 heterocycles. The van der Waals surface area contributed by atoms with Crippen molar-refractivity contribution in [1.82, 2.24) is 9.80 Å². The van der Waals surface area contributed by atoms with Gasteiger partial charge in [0.15, 0.2) is 6.10 Å². The average molecular weight is 374 g/mol. The van der Waals surface area contributed by atoms with Gasteiger partial charge in [-0.2, -0.15) is 0 Å². The molecule has 1 N–H and O–H groups in total. The highest BCUT2D eigenvalue weighted by Gasteiger charge is 2.37. The van der Waals surface area contributed by atoms with Gasteiger partial charge in [0.25, 0.3) is 5.91 Å². The maximum absolute atomic E-state index is 12.7. The first kappa shape index (κ1) is 21.5. The van der Waals surface area contributed by atoms with E-state index in [9.17, 15) is 9.90 Å². The summed E-state index contributed by atoms with van der Waals surface area (Å²) in [7, 11) is 3.39. The van der Waals surface area contributed by atoms with Crippen LogP contribution in [-0.2, 0) is 23.7 Å². The summed E-state index contributed by atoms with van der Waals surface area (Å²) in [6.07, 6.45) is 0.712. The van der Waals surface area contributed by atoms with Gasteiger partial charge in [0.05, 0.1) is 38.6 Å². The van der Waals surface area contributed by atoms with Crippen LogP contribution in [0.25, 0.3) is 0 Å².